The lowest BCUT2D eigenvalue weighted by molar-refractivity contribution is -0.582. The number of aromatic nitrogens is 3. The van der Waals surface area contributed by atoms with E-state index in [4.69, 9.17) is 46.4 Å². The first-order valence-electron chi connectivity index (χ1n) is 6.20. The summed E-state index contributed by atoms with van der Waals surface area (Å²) in [5, 5.41) is 12.5. The van der Waals surface area contributed by atoms with Crippen LogP contribution >= 0.6 is 57.7 Å². The van der Waals surface area contributed by atoms with Crippen molar-refractivity contribution in [1.29, 1.82) is 0 Å². The van der Waals surface area contributed by atoms with Crippen LogP contribution in [0, 0.1) is 0 Å². The molecular weight excluding hydrogens is 404 g/mol. The molecule has 0 aliphatic rings. The molecule has 0 radical (unpaired) electrons. The second kappa shape index (κ2) is 6.11. The maximum absolute atomic E-state index is 12.5. The Kier molecular flexibility index (Phi) is 4.46. The minimum atomic E-state index is -2.23. The van der Waals surface area contributed by atoms with Crippen LogP contribution in [0.15, 0.2) is 30.6 Å². The smallest absolute Gasteiger partial charge is 0.286 e. The lowest BCUT2D eigenvalue weighted by Gasteiger charge is -2.10. The summed E-state index contributed by atoms with van der Waals surface area (Å²) in [6.45, 7) is 0.210. The second-order valence-electron chi connectivity index (χ2n) is 4.58. The number of carbonyl (C=O) groups excluding carboxylic acids is 1. The molecule has 5 nitrogen and oxygen atoms in total. The van der Waals surface area contributed by atoms with E-state index in [1.54, 1.807) is 30.6 Å². The number of halogens is 4. The zero-order valence-electron chi connectivity index (χ0n) is 11.2. The molecule has 0 atom stereocenters. The highest BCUT2D eigenvalue weighted by Crippen LogP contribution is 2.33. The minimum Gasteiger partial charge on any atom is -0.839 e. The summed E-state index contributed by atoms with van der Waals surface area (Å²) in [7, 11) is 0. The zero-order valence-corrected chi connectivity index (χ0v) is 15.0. The topological polar surface area (TPSA) is 62.0 Å². The number of imidazole rings is 1. The fraction of sp³-hybridized carbons (Fsp3) is 0.154. The molecule has 0 fully saturated rings. The fourth-order valence-electron chi connectivity index (χ4n) is 2.20. The summed E-state index contributed by atoms with van der Waals surface area (Å²) < 4.78 is 0.959. The largest absolute Gasteiger partial charge is 0.839 e. The Balaban J connectivity index is 2.23. The Morgan fingerprint density at radius 2 is 2.13 bits per heavy atom. The molecule has 0 saturated heterocycles. The molecule has 0 spiro atoms. The van der Waals surface area contributed by atoms with Crippen molar-refractivity contribution in [2.24, 2.45) is 0 Å². The number of nitrogens with zero attached hydrogens (tertiary/aromatic N) is 3. The van der Waals surface area contributed by atoms with Gasteiger partial charge in [-0.15, -0.1) is 11.3 Å². The Morgan fingerprint density at radius 1 is 1.39 bits per heavy atom. The summed E-state index contributed by atoms with van der Waals surface area (Å²) in [5.41, 5.74) is 0.292. The Hall–Kier alpha value is -1.05. The number of pyridine rings is 1. The van der Waals surface area contributed by atoms with Crippen LogP contribution in [0.3, 0.4) is 0 Å². The monoisotopic (exact) mass is 409 g/mol. The van der Waals surface area contributed by atoms with E-state index in [2.05, 4.69) is 4.98 Å². The number of thiazole rings is 1. The van der Waals surface area contributed by atoms with Crippen LogP contribution in [-0.4, -0.2) is 19.1 Å². The number of ketones is 1. The van der Waals surface area contributed by atoms with Crippen molar-refractivity contribution in [3.8, 4) is 5.88 Å². The van der Waals surface area contributed by atoms with Crippen molar-refractivity contribution in [2.75, 3.05) is 0 Å². The van der Waals surface area contributed by atoms with Gasteiger partial charge in [-0.25, -0.2) is 14.0 Å². The van der Waals surface area contributed by atoms with E-state index in [0.29, 0.717) is 10.1 Å². The van der Waals surface area contributed by atoms with Crippen LogP contribution in [-0.2, 0) is 6.54 Å². The molecule has 0 aliphatic heterocycles. The average molecular weight is 411 g/mol. The van der Waals surface area contributed by atoms with Crippen LogP contribution in [0.25, 0.3) is 5.65 Å². The van der Waals surface area contributed by atoms with E-state index < -0.39 is 15.5 Å². The van der Waals surface area contributed by atoms with Crippen LogP contribution in [0.5, 0.6) is 5.88 Å². The van der Waals surface area contributed by atoms with Gasteiger partial charge in [0.15, 0.2) is 4.47 Å². The number of Topliss-reactive ketones (excluding diaryl/α,β-unsaturated/α-hetero) is 1. The van der Waals surface area contributed by atoms with Gasteiger partial charge < -0.3 is 5.11 Å². The number of carbonyl (C=O) groups is 1. The molecule has 3 heterocycles. The van der Waals surface area contributed by atoms with Crippen molar-refractivity contribution in [3.63, 3.8) is 0 Å². The third-order valence-electron chi connectivity index (χ3n) is 3.12. The quantitative estimate of drug-likeness (QED) is 0.378. The maximum atomic E-state index is 12.5. The van der Waals surface area contributed by atoms with E-state index in [1.807, 2.05) is 0 Å². The third-order valence-corrected chi connectivity index (χ3v) is 4.73. The molecule has 3 rings (SSSR count). The molecule has 0 aromatic carbocycles. The minimum absolute atomic E-state index is 0.208. The van der Waals surface area contributed by atoms with Gasteiger partial charge in [-0.05, 0) is 6.07 Å². The lowest BCUT2D eigenvalue weighted by atomic mass is 10.3. The molecule has 0 amide bonds. The molecule has 0 N–H and O–H groups in total. The Labute approximate surface area is 154 Å². The predicted octanol–water partition coefficient (Wildman–Crippen LogP) is 3.01. The van der Waals surface area contributed by atoms with Gasteiger partial charge in [0.25, 0.3) is 15.2 Å². The molecule has 0 saturated carbocycles. The van der Waals surface area contributed by atoms with Gasteiger partial charge in [-0.1, -0.05) is 52.5 Å². The van der Waals surface area contributed by atoms with Gasteiger partial charge in [-0.2, -0.15) is 0 Å². The Bertz CT molecular complexity index is 900. The zero-order chi connectivity index (χ0) is 16.8. The van der Waals surface area contributed by atoms with Gasteiger partial charge >= 0.3 is 0 Å². The van der Waals surface area contributed by atoms with Gasteiger partial charge in [-0.3, -0.25) is 4.79 Å². The van der Waals surface area contributed by atoms with Crippen molar-refractivity contribution in [3.05, 3.63) is 45.6 Å². The molecule has 120 valence electrons. The SMILES string of the molecule is O=C(c1c([O-])[n+]2ccccc2n1Cc1cnc(Cl)s1)C(Cl)(Cl)Cl. The lowest BCUT2D eigenvalue weighted by Crippen LogP contribution is -2.26. The first-order chi connectivity index (χ1) is 10.8. The van der Waals surface area contributed by atoms with E-state index in [-0.39, 0.29) is 12.2 Å². The van der Waals surface area contributed by atoms with Crippen LogP contribution in [0.1, 0.15) is 15.4 Å². The average Bonchev–Trinajstić information content (AvgIpc) is 3.01. The van der Waals surface area contributed by atoms with Gasteiger partial charge in [0.05, 0.1) is 11.1 Å². The molecule has 0 bridgehead atoms. The summed E-state index contributed by atoms with van der Waals surface area (Å²) in [4.78, 5) is 17.1. The highest BCUT2D eigenvalue weighted by atomic mass is 35.6. The number of hydrogen-bond acceptors (Lipinski definition) is 4. The number of hydrogen-bond donors (Lipinski definition) is 0. The van der Waals surface area contributed by atoms with Gasteiger partial charge in [0, 0.05) is 12.3 Å². The second-order valence-corrected chi connectivity index (χ2v) is 8.55. The molecular formula is C13H7Cl4N3O2S. The number of rotatable bonds is 3. The summed E-state index contributed by atoms with van der Waals surface area (Å²) in [6, 6.07) is 5.11. The highest BCUT2D eigenvalue weighted by Gasteiger charge is 2.39. The fourth-order valence-corrected chi connectivity index (χ4v) is 3.43. The van der Waals surface area contributed by atoms with Crippen LogP contribution in [0.4, 0.5) is 0 Å². The van der Waals surface area contributed by atoms with Crippen molar-refractivity contribution < 1.29 is 14.3 Å². The first-order valence-corrected chi connectivity index (χ1v) is 8.53. The molecule has 23 heavy (non-hydrogen) atoms. The van der Waals surface area contributed by atoms with E-state index >= 15 is 0 Å². The number of alkyl halides is 3. The molecule has 10 heteroatoms. The number of fused-ring (bicyclic) bond motifs is 1. The highest BCUT2D eigenvalue weighted by molar-refractivity contribution is 7.15. The van der Waals surface area contributed by atoms with Crippen molar-refractivity contribution in [2.45, 2.75) is 10.3 Å². The normalized spacial score (nSPS) is 12.0. The molecule has 3 aromatic rings. The predicted molar refractivity (Wildman–Crippen MR) is 87.9 cm³/mol. The van der Waals surface area contributed by atoms with E-state index in [0.717, 1.165) is 4.88 Å². The molecule has 0 unspecified atom stereocenters. The summed E-state index contributed by atoms with van der Waals surface area (Å²) in [5.74, 6) is -1.43. The summed E-state index contributed by atoms with van der Waals surface area (Å²) in [6.07, 6.45) is 3.11. The molecule has 0 aliphatic carbocycles. The maximum Gasteiger partial charge on any atom is 0.286 e. The van der Waals surface area contributed by atoms with Crippen molar-refractivity contribution in [1.82, 2.24) is 9.55 Å². The van der Waals surface area contributed by atoms with Crippen LogP contribution in [0.2, 0.25) is 4.47 Å². The Morgan fingerprint density at radius 3 is 2.74 bits per heavy atom. The van der Waals surface area contributed by atoms with E-state index in [1.165, 1.54) is 20.3 Å². The van der Waals surface area contributed by atoms with Gasteiger partial charge in [0.2, 0.25) is 5.69 Å². The van der Waals surface area contributed by atoms with Gasteiger partial charge in [0.1, 0.15) is 12.4 Å². The summed E-state index contributed by atoms with van der Waals surface area (Å²) >= 11 is 24.1. The standard InChI is InChI=1S/C13H7Cl4N3O2S/c14-12-18-5-7(23-12)6-20-8-3-1-2-4-19(8)11(22)9(20)10(21)13(15,16)17/h1-5H,6H2. The molecule has 3 aromatic heterocycles. The van der Waals surface area contributed by atoms with E-state index in [9.17, 15) is 9.90 Å². The third kappa shape index (κ3) is 3.14. The van der Waals surface area contributed by atoms with Crippen molar-refractivity contribution >= 4 is 69.2 Å². The van der Waals surface area contributed by atoms with Crippen LogP contribution < -0.4 is 9.51 Å². The first kappa shape index (κ1) is 16.8.